The second-order valence-corrected chi connectivity index (χ2v) is 6.49. The molecule has 0 aromatic heterocycles. The van der Waals surface area contributed by atoms with Crippen molar-refractivity contribution in [2.24, 2.45) is 5.92 Å². The van der Waals surface area contributed by atoms with Crippen molar-refractivity contribution >= 4 is 11.9 Å². The van der Waals surface area contributed by atoms with Gasteiger partial charge in [0.1, 0.15) is 5.75 Å². The molecule has 1 aromatic carbocycles. The zero-order valence-electron chi connectivity index (χ0n) is 13.2. The quantitative estimate of drug-likeness (QED) is 0.846. The highest BCUT2D eigenvalue weighted by Gasteiger charge is 2.25. The molecule has 0 spiro atoms. The van der Waals surface area contributed by atoms with Gasteiger partial charge in [-0.15, -0.1) is 0 Å². The summed E-state index contributed by atoms with van der Waals surface area (Å²) in [4.78, 5) is 23.7. The van der Waals surface area contributed by atoms with Crippen LogP contribution in [0.2, 0.25) is 0 Å². The maximum Gasteiger partial charge on any atom is 0.330 e. The van der Waals surface area contributed by atoms with Gasteiger partial charge in [0.05, 0.1) is 6.61 Å². The first-order valence-corrected chi connectivity index (χ1v) is 8.41. The summed E-state index contributed by atoms with van der Waals surface area (Å²) in [5.41, 5.74) is 1.62. The third-order valence-corrected chi connectivity index (χ3v) is 4.85. The second-order valence-electron chi connectivity index (χ2n) is 6.49. The number of aliphatic carboxylic acids is 1. The van der Waals surface area contributed by atoms with Gasteiger partial charge in [0.2, 0.25) is 5.91 Å². The molecule has 3 rings (SSSR count). The van der Waals surface area contributed by atoms with Gasteiger partial charge in [-0.1, -0.05) is 31.7 Å². The van der Waals surface area contributed by atoms with Gasteiger partial charge < -0.3 is 15.2 Å². The lowest BCUT2D eigenvalue weighted by Gasteiger charge is -2.16. The number of benzene rings is 1. The van der Waals surface area contributed by atoms with Crippen molar-refractivity contribution in [1.29, 1.82) is 0 Å². The van der Waals surface area contributed by atoms with Crippen LogP contribution in [0.4, 0.5) is 0 Å². The number of carboxylic acids is 1. The summed E-state index contributed by atoms with van der Waals surface area (Å²) in [5.74, 6) is 0.228. The number of nitrogens with one attached hydrogen (secondary N) is 1. The summed E-state index contributed by atoms with van der Waals surface area (Å²) in [7, 11) is 0. The van der Waals surface area contributed by atoms with Gasteiger partial charge >= 0.3 is 5.97 Å². The van der Waals surface area contributed by atoms with Crippen LogP contribution in [0.25, 0.3) is 0 Å². The van der Waals surface area contributed by atoms with Crippen LogP contribution in [-0.4, -0.2) is 23.6 Å². The average molecular weight is 317 g/mol. The van der Waals surface area contributed by atoms with E-state index in [0.717, 1.165) is 24.2 Å². The Labute approximate surface area is 136 Å². The summed E-state index contributed by atoms with van der Waals surface area (Å²) in [6.45, 7) is 0.629. The number of carboxylic acid groups (broad SMARTS) is 1. The Morgan fingerprint density at radius 2 is 2.09 bits per heavy atom. The fraction of sp³-hybridized carbons (Fsp3) is 0.556. The lowest BCUT2D eigenvalue weighted by molar-refractivity contribution is -0.142. The van der Waals surface area contributed by atoms with E-state index >= 15 is 0 Å². The molecule has 2 aliphatic rings. The average Bonchev–Trinajstić information content (AvgIpc) is 3.20. The number of hydrogen-bond donors (Lipinski definition) is 2. The van der Waals surface area contributed by atoms with Crippen LogP contribution in [0, 0.1) is 5.92 Å². The minimum absolute atomic E-state index is 0.180. The van der Waals surface area contributed by atoms with Gasteiger partial charge in [0, 0.05) is 12.8 Å². The molecule has 0 bridgehead atoms. The molecule has 124 valence electrons. The van der Waals surface area contributed by atoms with Gasteiger partial charge in [-0.2, -0.15) is 0 Å². The van der Waals surface area contributed by atoms with E-state index in [1.807, 2.05) is 6.07 Å². The van der Waals surface area contributed by atoms with Gasteiger partial charge in [0.15, 0.2) is 6.04 Å². The van der Waals surface area contributed by atoms with E-state index in [4.69, 9.17) is 4.74 Å². The van der Waals surface area contributed by atoms with E-state index in [2.05, 4.69) is 5.32 Å². The molecule has 23 heavy (non-hydrogen) atoms. The topological polar surface area (TPSA) is 75.6 Å². The first kappa shape index (κ1) is 15.8. The molecule has 1 saturated carbocycles. The Kier molecular flexibility index (Phi) is 4.84. The number of hydrogen-bond acceptors (Lipinski definition) is 3. The number of fused-ring (bicyclic) bond motifs is 1. The Morgan fingerprint density at radius 1 is 1.30 bits per heavy atom. The summed E-state index contributed by atoms with van der Waals surface area (Å²) < 4.78 is 5.44. The minimum atomic E-state index is -1.03. The molecule has 1 aliphatic heterocycles. The molecule has 1 amide bonds. The molecule has 0 saturated heterocycles. The van der Waals surface area contributed by atoms with Crippen molar-refractivity contribution < 1.29 is 19.4 Å². The largest absolute Gasteiger partial charge is 0.493 e. The molecular weight excluding hydrogens is 294 g/mol. The third-order valence-electron chi connectivity index (χ3n) is 4.85. The normalized spacial score (nSPS) is 18.3. The zero-order chi connectivity index (χ0) is 16.2. The molecule has 5 nitrogen and oxygen atoms in total. The van der Waals surface area contributed by atoms with Crippen LogP contribution in [0.5, 0.6) is 5.75 Å². The lowest BCUT2D eigenvalue weighted by atomic mass is 10.00. The van der Waals surface area contributed by atoms with Crippen LogP contribution < -0.4 is 10.1 Å². The van der Waals surface area contributed by atoms with Gasteiger partial charge in [-0.05, 0) is 35.6 Å². The fourth-order valence-corrected chi connectivity index (χ4v) is 3.54. The number of amides is 1. The first-order valence-electron chi connectivity index (χ1n) is 8.41. The van der Waals surface area contributed by atoms with E-state index in [1.165, 1.54) is 25.7 Å². The Bertz CT molecular complexity index is 593. The minimum Gasteiger partial charge on any atom is -0.493 e. The van der Waals surface area contributed by atoms with Crippen molar-refractivity contribution in [3.05, 3.63) is 29.3 Å². The summed E-state index contributed by atoms with van der Waals surface area (Å²) in [6.07, 6.45) is 6.94. The lowest BCUT2D eigenvalue weighted by Crippen LogP contribution is -2.33. The Balaban J connectivity index is 1.62. The maximum absolute atomic E-state index is 12.1. The Hall–Kier alpha value is -2.04. The van der Waals surface area contributed by atoms with Crippen molar-refractivity contribution in [2.75, 3.05) is 6.61 Å². The first-order chi connectivity index (χ1) is 11.1. The maximum atomic E-state index is 12.1. The van der Waals surface area contributed by atoms with Crippen LogP contribution in [0.1, 0.15) is 55.7 Å². The van der Waals surface area contributed by atoms with E-state index in [0.29, 0.717) is 24.5 Å². The van der Waals surface area contributed by atoms with Gasteiger partial charge in [-0.3, -0.25) is 4.79 Å². The van der Waals surface area contributed by atoms with E-state index in [-0.39, 0.29) is 5.91 Å². The van der Waals surface area contributed by atoms with Crippen LogP contribution >= 0.6 is 0 Å². The predicted molar refractivity (Wildman–Crippen MR) is 85.4 cm³/mol. The number of rotatable bonds is 6. The predicted octanol–water partition coefficient (Wildman–Crippen LogP) is 2.83. The smallest absolute Gasteiger partial charge is 0.330 e. The second kappa shape index (κ2) is 7.02. The van der Waals surface area contributed by atoms with E-state index < -0.39 is 12.0 Å². The Morgan fingerprint density at radius 3 is 2.83 bits per heavy atom. The number of carbonyl (C=O) groups is 2. The molecule has 2 N–H and O–H groups in total. The highest BCUT2D eigenvalue weighted by atomic mass is 16.5. The molecule has 1 atom stereocenters. The van der Waals surface area contributed by atoms with Crippen LogP contribution in [0.3, 0.4) is 0 Å². The standard InChI is InChI=1S/C18H23NO4/c20-16(8-5-12-3-1-2-4-12)19-17(18(21)22)14-6-7-15-13(11-14)9-10-23-15/h6-7,11-12,17H,1-5,8-10H2,(H,19,20)(H,21,22). The highest BCUT2D eigenvalue weighted by Crippen LogP contribution is 2.30. The molecule has 1 heterocycles. The van der Waals surface area contributed by atoms with Crippen molar-refractivity contribution in [2.45, 2.75) is 51.0 Å². The van der Waals surface area contributed by atoms with Gasteiger partial charge in [-0.25, -0.2) is 4.79 Å². The summed E-state index contributed by atoms with van der Waals surface area (Å²) in [6, 6.07) is 4.36. The third kappa shape index (κ3) is 3.84. The molecule has 1 unspecified atom stereocenters. The number of ether oxygens (including phenoxy) is 1. The van der Waals surface area contributed by atoms with Crippen LogP contribution in [0.15, 0.2) is 18.2 Å². The number of carbonyl (C=O) groups excluding carboxylic acids is 1. The molecule has 5 heteroatoms. The SMILES string of the molecule is O=C(CCC1CCCC1)NC(C(=O)O)c1ccc2c(c1)CCO2. The molecule has 1 fully saturated rings. The summed E-state index contributed by atoms with van der Waals surface area (Å²) >= 11 is 0. The van der Waals surface area contributed by atoms with Crippen molar-refractivity contribution in [3.63, 3.8) is 0 Å². The zero-order valence-corrected chi connectivity index (χ0v) is 13.2. The molecule has 1 aliphatic carbocycles. The van der Waals surface area contributed by atoms with Crippen molar-refractivity contribution in [1.82, 2.24) is 5.32 Å². The van der Waals surface area contributed by atoms with Crippen molar-refractivity contribution in [3.8, 4) is 5.75 Å². The summed E-state index contributed by atoms with van der Waals surface area (Å²) in [5, 5.41) is 12.1. The van der Waals surface area contributed by atoms with E-state index in [9.17, 15) is 14.7 Å². The van der Waals surface area contributed by atoms with E-state index in [1.54, 1.807) is 12.1 Å². The molecule has 0 radical (unpaired) electrons. The monoisotopic (exact) mass is 317 g/mol. The fourth-order valence-electron chi connectivity index (χ4n) is 3.54. The van der Waals surface area contributed by atoms with Crippen LogP contribution in [-0.2, 0) is 16.0 Å². The molecule has 1 aromatic rings. The van der Waals surface area contributed by atoms with Gasteiger partial charge in [0.25, 0.3) is 0 Å². The highest BCUT2D eigenvalue weighted by molar-refractivity contribution is 5.84. The molecular formula is C18H23NO4.